The van der Waals surface area contributed by atoms with Gasteiger partial charge in [-0.05, 0) is 43.2 Å². The number of halogens is 1. The lowest BCUT2D eigenvalue weighted by Gasteiger charge is -2.36. The molecule has 3 aliphatic rings. The van der Waals surface area contributed by atoms with Crippen molar-refractivity contribution in [1.82, 2.24) is 15.5 Å². The third kappa shape index (κ3) is 4.87. The van der Waals surface area contributed by atoms with Crippen LogP contribution >= 0.6 is 12.4 Å². The highest BCUT2D eigenvalue weighted by molar-refractivity contribution is 5.85. The van der Waals surface area contributed by atoms with Gasteiger partial charge in [0.15, 0.2) is 0 Å². The number of hydrogen-bond acceptors (Lipinski definition) is 3. The smallest absolute Gasteiger partial charge is 0.240 e. The zero-order valence-corrected chi connectivity index (χ0v) is 17.3. The van der Waals surface area contributed by atoms with Crippen LogP contribution in [0.2, 0.25) is 0 Å². The Hall–Kier alpha value is -1.59. The van der Waals surface area contributed by atoms with Crippen molar-refractivity contribution in [3.05, 3.63) is 35.4 Å². The zero-order valence-electron chi connectivity index (χ0n) is 16.5. The first kappa shape index (κ1) is 21.1. The Kier molecular flexibility index (Phi) is 7.36. The Morgan fingerprint density at radius 2 is 1.64 bits per heavy atom. The highest BCUT2D eigenvalue weighted by atomic mass is 35.5. The molecule has 4 rings (SSSR count). The third-order valence-electron chi connectivity index (χ3n) is 6.51. The van der Waals surface area contributed by atoms with Gasteiger partial charge >= 0.3 is 0 Å². The number of fused-ring (bicyclic) bond motifs is 1. The minimum Gasteiger partial charge on any atom is -0.353 e. The Morgan fingerprint density at radius 3 is 2.36 bits per heavy atom. The van der Waals surface area contributed by atoms with Crippen LogP contribution in [-0.4, -0.2) is 41.9 Å². The second kappa shape index (κ2) is 9.75. The second-order valence-electron chi connectivity index (χ2n) is 8.35. The predicted molar refractivity (Wildman–Crippen MR) is 112 cm³/mol. The molecule has 2 aliphatic heterocycles. The molecule has 1 saturated carbocycles. The number of carbonyl (C=O) groups is 2. The fourth-order valence-electron chi connectivity index (χ4n) is 4.78. The van der Waals surface area contributed by atoms with Crippen molar-refractivity contribution >= 4 is 24.2 Å². The van der Waals surface area contributed by atoms with E-state index < -0.39 is 0 Å². The molecular weight excluding hydrogens is 374 g/mol. The van der Waals surface area contributed by atoms with E-state index in [0.717, 1.165) is 38.6 Å². The molecule has 1 aromatic rings. The van der Waals surface area contributed by atoms with Crippen LogP contribution in [0.15, 0.2) is 24.3 Å². The highest BCUT2D eigenvalue weighted by Crippen LogP contribution is 2.23. The monoisotopic (exact) mass is 405 g/mol. The first-order valence-electron chi connectivity index (χ1n) is 10.6. The molecule has 0 unspecified atom stereocenters. The van der Waals surface area contributed by atoms with Gasteiger partial charge in [0.25, 0.3) is 0 Å². The lowest BCUT2D eigenvalue weighted by Crippen LogP contribution is -2.52. The molecule has 28 heavy (non-hydrogen) atoms. The van der Waals surface area contributed by atoms with E-state index in [1.54, 1.807) is 0 Å². The standard InChI is InChI=1S/C22H31N3O2.ClH/c26-21(24-19-8-2-1-3-9-19)16-10-12-25(13-11-16)22(27)20-14-17-6-4-5-7-18(17)15-23-20;/h4-7,16,19-20,23H,1-3,8-15H2,(H,24,26);1H/t20-;/m0./s1. The minimum absolute atomic E-state index is 0. The number of piperidine rings is 1. The number of rotatable bonds is 3. The van der Waals surface area contributed by atoms with Crippen molar-refractivity contribution in [3.8, 4) is 0 Å². The number of likely N-dealkylation sites (tertiary alicyclic amines) is 1. The first-order valence-corrected chi connectivity index (χ1v) is 10.6. The molecule has 1 aliphatic carbocycles. The maximum absolute atomic E-state index is 12.9. The van der Waals surface area contributed by atoms with Crippen LogP contribution in [0, 0.1) is 5.92 Å². The number of carbonyl (C=O) groups excluding carboxylic acids is 2. The Balaban J connectivity index is 0.00000225. The summed E-state index contributed by atoms with van der Waals surface area (Å²) >= 11 is 0. The summed E-state index contributed by atoms with van der Waals surface area (Å²) in [5, 5.41) is 6.64. The van der Waals surface area contributed by atoms with Gasteiger partial charge in [-0.15, -0.1) is 12.4 Å². The average Bonchev–Trinajstić information content (AvgIpc) is 2.73. The number of nitrogens with zero attached hydrogens (tertiary/aromatic N) is 1. The molecule has 0 radical (unpaired) electrons. The van der Waals surface area contributed by atoms with E-state index >= 15 is 0 Å². The van der Waals surface area contributed by atoms with Gasteiger partial charge in [-0.3, -0.25) is 9.59 Å². The molecule has 154 valence electrons. The van der Waals surface area contributed by atoms with E-state index in [9.17, 15) is 9.59 Å². The topological polar surface area (TPSA) is 61.4 Å². The Bertz CT molecular complexity index is 682. The van der Waals surface area contributed by atoms with Gasteiger partial charge in [-0.25, -0.2) is 0 Å². The summed E-state index contributed by atoms with van der Waals surface area (Å²) in [6, 6.07) is 8.58. The van der Waals surface area contributed by atoms with Crippen LogP contribution in [0.4, 0.5) is 0 Å². The largest absolute Gasteiger partial charge is 0.353 e. The molecule has 0 spiro atoms. The molecular formula is C22H32ClN3O2. The van der Waals surface area contributed by atoms with Gasteiger partial charge < -0.3 is 15.5 Å². The maximum Gasteiger partial charge on any atom is 0.240 e. The van der Waals surface area contributed by atoms with E-state index in [1.165, 1.54) is 30.4 Å². The van der Waals surface area contributed by atoms with Crippen LogP contribution in [-0.2, 0) is 22.6 Å². The van der Waals surface area contributed by atoms with Gasteiger partial charge in [0.1, 0.15) is 0 Å². The average molecular weight is 406 g/mol. The normalized spacial score (nSPS) is 23.4. The number of hydrogen-bond donors (Lipinski definition) is 2. The Labute approximate surface area is 174 Å². The molecule has 1 atom stereocenters. The molecule has 0 bridgehead atoms. The molecule has 5 nitrogen and oxygen atoms in total. The maximum atomic E-state index is 12.9. The zero-order chi connectivity index (χ0) is 18.6. The van der Waals surface area contributed by atoms with Crippen LogP contribution < -0.4 is 10.6 Å². The number of amides is 2. The third-order valence-corrected chi connectivity index (χ3v) is 6.51. The fraction of sp³-hybridized carbons (Fsp3) is 0.636. The van der Waals surface area contributed by atoms with Gasteiger partial charge in [-0.2, -0.15) is 0 Å². The van der Waals surface area contributed by atoms with Gasteiger partial charge in [0, 0.05) is 31.6 Å². The molecule has 2 heterocycles. The summed E-state index contributed by atoms with van der Waals surface area (Å²) in [4.78, 5) is 27.4. The summed E-state index contributed by atoms with van der Waals surface area (Å²) in [7, 11) is 0. The van der Waals surface area contributed by atoms with Crippen molar-refractivity contribution < 1.29 is 9.59 Å². The lowest BCUT2D eigenvalue weighted by molar-refractivity contribution is -0.137. The van der Waals surface area contributed by atoms with Gasteiger partial charge in [-0.1, -0.05) is 43.5 Å². The lowest BCUT2D eigenvalue weighted by atomic mass is 9.91. The summed E-state index contributed by atoms with van der Waals surface area (Å²) < 4.78 is 0. The summed E-state index contributed by atoms with van der Waals surface area (Å²) in [5.41, 5.74) is 2.57. The van der Waals surface area contributed by atoms with Crippen LogP contribution in [0.25, 0.3) is 0 Å². The Morgan fingerprint density at radius 1 is 0.964 bits per heavy atom. The van der Waals surface area contributed by atoms with Crippen molar-refractivity contribution in [2.75, 3.05) is 13.1 Å². The van der Waals surface area contributed by atoms with Crippen LogP contribution in [0.3, 0.4) is 0 Å². The molecule has 1 saturated heterocycles. The summed E-state index contributed by atoms with van der Waals surface area (Å²) in [5.74, 6) is 0.463. The van der Waals surface area contributed by atoms with E-state index in [0.29, 0.717) is 19.1 Å². The SMILES string of the molecule is Cl.O=C(NC1CCCCC1)C1CCN(C(=O)[C@@H]2Cc3ccccc3CN2)CC1. The van der Waals surface area contributed by atoms with E-state index in [-0.39, 0.29) is 36.2 Å². The van der Waals surface area contributed by atoms with Crippen molar-refractivity contribution in [2.24, 2.45) is 5.92 Å². The van der Waals surface area contributed by atoms with Crippen LogP contribution in [0.5, 0.6) is 0 Å². The summed E-state index contributed by atoms with van der Waals surface area (Å²) in [6.45, 7) is 2.15. The molecule has 2 fully saturated rings. The van der Waals surface area contributed by atoms with E-state index in [4.69, 9.17) is 0 Å². The van der Waals surface area contributed by atoms with Gasteiger partial charge in [0.05, 0.1) is 6.04 Å². The van der Waals surface area contributed by atoms with Crippen molar-refractivity contribution in [2.45, 2.75) is 70.0 Å². The number of benzene rings is 1. The van der Waals surface area contributed by atoms with E-state index in [1.807, 2.05) is 17.0 Å². The van der Waals surface area contributed by atoms with Crippen molar-refractivity contribution in [1.29, 1.82) is 0 Å². The number of nitrogens with one attached hydrogen (secondary N) is 2. The molecule has 2 amide bonds. The predicted octanol–water partition coefficient (Wildman–Crippen LogP) is 2.81. The molecule has 2 N–H and O–H groups in total. The highest BCUT2D eigenvalue weighted by Gasteiger charge is 2.32. The van der Waals surface area contributed by atoms with Crippen LogP contribution in [0.1, 0.15) is 56.1 Å². The quantitative estimate of drug-likeness (QED) is 0.812. The first-order chi connectivity index (χ1) is 13.2. The second-order valence-corrected chi connectivity index (χ2v) is 8.35. The van der Waals surface area contributed by atoms with Crippen molar-refractivity contribution in [3.63, 3.8) is 0 Å². The molecule has 0 aromatic heterocycles. The minimum atomic E-state index is -0.132. The van der Waals surface area contributed by atoms with E-state index in [2.05, 4.69) is 22.8 Å². The molecule has 1 aromatic carbocycles. The summed E-state index contributed by atoms with van der Waals surface area (Å²) in [6.07, 6.45) is 8.34. The van der Waals surface area contributed by atoms with Gasteiger partial charge in [0.2, 0.25) is 11.8 Å². The fourth-order valence-corrected chi connectivity index (χ4v) is 4.78. The molecule has 6 heteroatoms.